The number of carbonyl (C=O) groups is 1. The molecule has 1 amide bonds. The fraction of sp³-hybridized carbons (Fsp3) is 0.235. The largest absolute Gasteiger partial charge is 0.324 e. The monoisotopic (exact) mass is 398 g/mol. The summed E-state index contributed by atoms with van der Waals surface area (Å²) < 4.78 is 14.0. The highest BCUT2D eigenvalue weighted by Gasteiger charge is 2.24. The zero-order chi connectivity index (χ0) is 17.0. The molecule has 2 aromatic carbocycles. The second-order valence-electron chi connectivity index (χ2n) is 5.63. The van der Waals surface area contributed by atoms with Crippen molar-refractivity contribution in [3.8, 4) is 0 Å². The highest BCUT2D eigenvalue weighted by molar-refractivity contribution is 9.10. The van der Waals surface area contributed by atoms with E-state index in [2.05, 4.69) is 26.6 Å². The van der Waals surface area contributed by atoms with Gasteiger partial charge in [-0.3, -0.25) is 10.1 Å². The van der Waals surface area contributed by atoms with Crippen LogP contribution in [-0.4, -0.2) is 12.5 Å². The lowest BCUT2D eigenvalue weighted by Gasteiger charge is -2.27. The lowest BCUT2D eigenvalue weighted by Crippen LogP contribution is -2.41. The van der Waals surface area contributed by atoms with Gasteiger partial charge in [-0.25, -0.2) is 4.39 Å². The van der Waals surface area contributed by atoms with Crippen LogP contribution < -0.4 is 10.6 Å². The molecule has 2 rings (SSSR count). The molecule has 0 saturated heterocycles. The summed E-state index contributed by atoms with van der Waals surface area (Å²) in [5, 5.41) is 6.29. The third kappa shape index (κ3) is 4.77. The molecule has 0 aliphatic rings. The molecule has 0 bridgehead atoms. The zero-order valence-corrected chi connectivity index (χ0v) is 15.1. The summed E-state index contributed by atoms with van der Waals surface area (Å²) in [5.74, 6) is -0.565. The average molecular weight is 400 g/mol. The Labute approximate surface area is 148 Å². The number of rotatable bonds is 5. The molecule has 0 heterocycles. The van der Waals surface area contributed by atoms with Gasteiger partial charge in [-0.1, -0.05) is 29.8 Å². The Balaban J connectivity index is 2.01. The Morgan fingerprint density at radius 2 is 1.96 bits per heavy atom. The minimum absolute atomic E-state index is 0.0992. The summed E-state index contributed by atoms with van der Waals surface area (Å²) >= 11 is 9.47. The smallest absolute Gasteiger partial charge is 0.238 e. The number of carbonyl (C=O) groups excluding carboxylic acids is 1. The van der Waals surface area contributed by atoms with Crippen molar-refractivity contribution in [3.63, 3.8) is 0 Å². The van der Waals surface area contributed by atoms with E-state index >= 15 is 0 Å². The van der Waals surface area contributed by atoms with Crippen molar-refractivity contribution in [2.75, 3.05) is 11.9 Å². The Morgan fingerprint density at radius 1 is 1.26 bits per heavy atom. The molecule has 0 saturated carbocycles. The first-order chi connectivity index (χ1) is 10.8. The van der Waals surface area contributed by atoms with E-state index in [0.717, 1.165) is 10.0 Å². The molecular formula is C17H17BrClFN2O. The number of benzene rings is 2. The fourth-order valence-electron chi connectivity index (χ4n) is 2.15. The van der Waals surface area contributed by atoms with Gasteiger partial charge < -0.3 is 5.32 Å². The highest BCUT2D eigenvalue weighted by Crippen LogP contribution is 2.28. The van der Waals surface area contributed by atoms with Crippen molar-refractivity contribution < 1.29 is 9.18 Å². The van der Waals surface area contributed by atoms with Gasteiger partial charge in [-0.2, -0.15) is 0 Å². The second-order valence-corrected chi connectivity index (χ2v) is 6.89. The summed E-state index contributed by atoms with van der Waals surface area (Å²) in [6, 6.07) is 11.6. The third-order valence-electron chi connectivity index (χ3n) is 3.44. The minimum Gasteiger partial charge on any atom is -0.324 e. The number of hydrogen-bond donors (Lipinski definition) is 2. The van der Waals surface area contributed by atoms with Crippen LogP contribution >= 0.6 is 27.5 Å². The predicted molar refractivity (Wildman–Crippen MR) is 95.2 cm³/mol. The van der Waals surface area contributed by atoms with E-state index in [1.54, 1.807) is 6.07 Å². The third-order valence-corrected chi connectivity index (χ3v) is 4.45. The number of halogens is 3. The van der Waals surface area contributed by atoms with Crippen molar-refractivity contribution in [1.82, 2.24) is 5.32 Å². The topological polar surface area (TPSA) is 41.1 Å². The summed E-state index contributed by atoms with van der Waals surface area (Å²) in [4.78, 5) is 12.1. The van der Waals surface area contributed by atoms with Crippen LogP contribution in [0.15, 0.2) is 46.9 Å². The number of hydrogen-bond acceptors (Lipinski definition) is 2. The molecule has 0 spiro atoms. The van der Waals surface area contributed by atoms with Crippen LogP contribution in [0.5, 0.6) is 0 Å². The molecule has 0 aliphatic heterocycles. The van der Waals surface area contributed by atoms with E-state index in [9.17, 15) is 9.18 Å². The van der Waals surface area contributed by atoms with Gasteiger partial charge in [0.25, 0.3) is 0 Å². The minimum atomic E-state index is -0.573. The van der Waals surface area contributed by atoms with Crippen LogP contribution in [0, 0.1) is 5.82 Å². The van der Waals surface area contributed by atoms with Gasteiger partial charge in [0.2, 0.25) is 5.91 Å². The van der Waals surface area contributed by atoms with Crippen LogP contribution in [0.1, 0.15) is 19.4 Å². The molecule has 122 valence electrons. The number of anilines is 1. The molecule has 0 atom stereocenters. The van der Waals surface area contributed by atoms with Crippen LogP contribution in [-0.2, 0) is 10.3 Å². The van der Waals surface area contributed by atoms with Crippen LogP contribution in [0.25, 0.3) is 0 Å². The molecule has 0 fully saturated rings. The maximum absolute atomic E-state index is 13.2. The van der Waals surface area contributed by atoms with E-state index in [4.69, 9.17) is 11.6 Å². The molecular weight excluding hydrogens is 383 g/mol. The highest BCUT2D eigenvalue weighted by atomic mass is 79.9. The SMILES string of the molecule is CC(C)(NCC(=O)Nc1ccccc1Br)c1ccc(F)cc1Cl. The average Bonchev–Trinajstić information content (AvgIpc) is 2.47. The number of nitrogens with one attached hydrogen (secondary N) is 2. The second kappa shape index (κ2) is 7.43. The van der Waals surface area contributed by atoms with Crippen LogP contribution in [0.3, 0.4) is 0 Å². The zero-order valence-electron chi connectivity index (χ0n) is 12.8. The predicted octanol–water partition coefficient (Wildman–Crippen LogP) is 4.71. The van der Waals surface area contributed by atoms with Crippen molar-refractivity contribution in [3.05, 3.63) is 63.3 Å². The van der Waals surface area contributed by atoms with Crippen molar-refractivity contribution in [1.29, 1.82) is 0 Å². The standard InChI is InChI=1S/C17H17BrClFN2O/c1-17(2,12-8-7-11(20)9-14(12)19)21-10-16(23)22-15-6-4-3-5-13(15)18/h3-9,21H,10H2,1-2H3,(H,22,23). The first-order valence-electron chi connectivity index (χ1n) is 7.04. The van der Waals surface area contributed by atoms with Crippen molar-refractivity contribution in [2.45, 2.75) is 19.4 Å². The molecule has 0 aromatic heterocycles. The molecule has 6 heteroatoms. The molecule has 2 aromatic rings. The van der Waals surface area contributed by atoms with Gasteiger partial charge in [-0.05, 0) is 59.6 Å². The number of para-hydroxylation sites is 1. The van der Waals surface area contributed by atoms with Crippen molar-refractivity contribution in [2.24, 2.45) is 0 Å². The van der Waals surface area contributed by atoms with E-state index in [1.165, 1.54) is 12.1 Å². The molecule has 2 N–H and O–H groups in total. The van der Waals surface area contributed by atoms with E-state index < -0.39 is 5.54 Å². The van der Waals surface area contributed by atoms with Gasteiger partial charge in [0.05, 0.1) is 12.2 Å². The summed E-state index contributed by atoms with van der Waals surface area (Å²) in [5.41, 5.74) is 0.863. The quantitative estimate of drug-likeness (QED) is 0.765. The molecule has 3 nitrogen and oxygen atoms in total. The van der Waals surface area contributed by atoms with Gasteiger partial charge in [0.15, 0.2) is 0 Å². The molecule has 0 aliphatic carbocycles. The van der Waals surface area contributed by atoms with Crippen LogP contribution in [0.2, 0.25) is 5.02 Å². The Kier molecular flexibility index (Phi) is 5.79. The van der Waals surface area contributed by atoms with E-state index in [-0.39, 0.29) is 18.3 Å². The van der Waals surface area contributed by atoms with Crippen LogP contribution in [0.4, 0.5) is 10.1 Å². The molecule has 0 radical (unpaired) electrons. The van der Waals surface area contributed by atoms with Gasteiger partial charge in [0.1, 0.15) is 5.82 Å². The fourth-order valence-corrected chi connectivity index (χ4v) is 2.94. The Bertz CT molecular complexity index is 721. The lowest BCUT2D eigenvalue weighted by molar-refractivity contribution is -0.115. The lowest BCUT2D eigenvalue weighted by atomic mass is 9.94. The molecule has 0 unspecified atom stereocenters. The summed E-state index contributed by atoms with van der Waals surface area (Å²) in [6.07, 6.45) is 0. The number of amides is 1. The molecule has 23 heavy (non-hydrogen) atoms. The Morgan fingerprint density at radius 3 is 2.61 bits per heavy atom. The summed E-state index contributed by atoms with van der Waals surface area (Å²) in [7, 11) is 0. The summed E-state index contributed by atoms with van der Waals surface area (Å²) in [6.45, 7) is 3.87. The first kappa shape index (κ1) is 17.9. The maximum atomic E-state index is 13.2. The van der Waals surface area contributed by atoms with E-state index in [0.29, 0.717) is 10.7 Å². The van der Waals surface area contributed by atoms with Gasteiger partial charge in [-0.15, -0.1) is 0 Å². The normalized spacial score (nSPS) is 11.3. The Hall–Kier alpha value is -1.43. The van der Waals surface area contributed by atoms with E-state index in [1.807, 2.05) is 38.1 Å². The first-order valence-corrected chi connectivity index (χ1v) is 8.21. The van der Waals surface area contributed by atoms with Crippen molar-refractivity contribution >= 4 is 39.1 Å². The van der Waals surface area contributed by atoms with Gasteiger partial charge in [0, 0.05) is 15.0 Å². The van der Waals surface area contributed by atoms with Gasteiger partial charge >= 0.3 is 0 Å². The maximum Gasteiger partial charge on any atom is 0.238 e.